The summed E-state index contributed by atoms with van der Waals surface area (Å²) in [6.45, 7) is 1.40. The van der Waals surface area contributed by atoms with Crippen LogP contribution in [0.2, 0.25) is 0 Å². The van der Waals surface area contributed by atoms with Crippen LogP contribution in [0.3, 0.4) is 0 Å². The second-order valence-electron chi connectivity index (χ2n) is 2.67. The molecule has 0 saturated carbocycles. The van der Waals surface area contributed by atoms with Gasteiger partial charge in [-0.25, -0.2) is 4.98 Å². The normalized spacial score (nSPS) is 9.57. The molecule has 0 aliphatic heterocycles. The summed E-state index contributed by atoms with van der Waals surface area (Å²) in [6.07, 6.45) is 0. The Bertz CT molecular complexity index is 341. The van der Waals surface area contributed by atoms with Crippen LogP contribution in [0.15, 0.2) is 12.1 Å². The molecule has 0 bridgehead atoms. The number of methoxy groups -OCH3 is 1. The Morgan fingerprint density at radius 2 is 2.29 bits per heavy atom. The summed E-state index contributed by atoms with van der Waals surface area (Å²) in [4.78, 5) is 14.6. The molecule has 1 heterocycles. The quantitative estimate of drug-likeness (QED) is 0.496. The fourth-order valence-corrected chi connectivity index (χ4v) is 0.891. The van der Waals surface area contributed by atoms with Crippen LogP contribution in [0.25, 0.3) is 0 Å². The number of hydrogen-bond donors (Lipinski definition) is 0. The Hall–Kier alpha value is -1.52. The van der Waals surface area contributed by atoms with Gasteiger partial charge in [0.1, 0.15) is 14.5 Å². The van der Waals surface area contributed by atoms with Crippen molar-refractivity contribution in [3.8, 4) is 5.88 Å². The van der Waals surface area contributed by atoms with Gasteiger partial charge in [0, 0.05) is 6.92 Å². The van der Waals surface area contributed by atoms with E-state index in [2.05, 4.69) is 4.98 Å². The minimum Gasteiger partial charge on any atom is -0.481 e. The Labute approximate surface area is 83.7 Å². The summed E-state index contributed by atoms with van der Waals surface area (Å²) in [6, 6.07) is 3.30. The summed E-state index contributed by atoms with van der Waals surface area (Å²) in [5, 5.41) is 0. The van der Waals surface area contributed by atoms with Crippen LogP contribution >= 0.6 is 0 Å². The van der Waals surface area contributed by atoms with Gasteiger partial charge in [0.2, 0.25) is 5.88 Å². The topological polar surface area (TPSA) is 48.4 Å². The molecule has 1 aromatic heterocycles. The monoisotopic (exact) mass is 191 g/mol. The standard InChI is InChI=1S/C9H10BNO3/c1-6(12)14-5-8-7(10)3-4-9(11-8)13-2/h3-4H,5H2,1-2H3. The second-order valence-corrected chi connectivity index (χ2v) is 2.67. The molecule has 0 amide bonds. The van der Waals surface area contributed by atoms with Crippen molar-refractivity contribution in [1.29, 1.82) is 0 Å². The van der Waals surface area contributed by atoms with Crippen LogP contribution in [-0.2, 0) is 16.1 Å². The molecule has 0 atom stereocenters. The van der Waals surface area contributed by atoms with E-state index in [0.717, 1.165) is 0 Å². The molecular formula is C9H10BNO3. The number of hydrogen-bond acceptors (Lipinski definition) is 4. The Kier molecular flexibility index (Phi) is 3.51. The van der Waals surface area contributed by atoms with E-state index < -0.39 is 0 Å². The van der Waals surface area contributed by atoms with Gasteiger partial charge in [-0.05, 0) is 6.07 Å². The van der Waals surface area contributed by atoms with Gasteiger partial charge in [-0.1, -0.05) is 11.5 Å². The molecule has 0 unspecified atom stereocenters. The van der Waals surface area contributed by atoms with Gasteiger partial charge < -0.3 is 9.47 Å². The average molecular weight is 191 g/mol. The number of ether oxygens (including phenoxy) is 2. The number of esters is 1. The minimum absolute atomic E-state index is 0.0678. The van der Waals surface area contributed by atoms with E-state index in [4.69, 9.17) is 17.3 Å². The van der Waals surface area contributed by atoms with E-state index in [0.29, 0.717) is 17.0 Å². The van der Waals surface area contributed by atoms with E-state index in [1.165, 1.54) is 14.0 Å². The molecule has 1 rings (SSSR count). The summed E-state index contributed by atoms with van der Waals surface area (Å²) in [5.41, 5.74) is 0.978. The van der Waals surface area contributed by atoms with Crippen LogP contribution in [0.1, 0.15) is 12.6 Å². The molecule has 2 radical (unpaired) electrons. The van der Waals surface area contributed by atoms with Crippen LogP contribution in [0, 0.1) is 0 Å². The van der Waals surface area contributed by atoms with Gasteiger partial charge in [0.25, 0.3) is 0 Å². The van der Waals surface area contributed by atoms with Gasteiger partial charge in [-0.3, -0.25) is 4.79 Å². The molecule has 0 spiro atoms. The van der Waals surface area contributed by atoms with Crippen molar-refractivity contribution in [1.82, 2.24) is 4.98 Å². The first kappa shape index (κ1) is 10.6. The zero-order chi connectivity index (χ0) is 10.6. The third kappa shape index (κ3) is 2.76. The first-order valence-corrected chi connectivity index (χ1v) is 4.06. The van der Waals surface area contributed by atoms with E-state index in [1.54, 1.807) is 12.1 Å². The van der Waals surface area contributed by atoms with E-state index in [9.17, 15) is 4.79 Å². The lowest BCUT2D eigenvalue weighted by molar-refractivity contribution is -0.142. The zero-order valence-corrected chi connectivity index (χ0v) is 8.11. The van der Waals surface area contributed by atoms with Crippen LogP contribution in [0.5, 0.6) is 5.88 Å². The molecule has 14 heavy (non-hydrogen) atoms. The summed E-state index contributed by atoms with van der Waals surface area (Å²) < 4.78 is 9.68. The molecule has 0 aliphatic carbocycles. The zero-order valence-electron chi connectivity index (χ0n) is 8.11. The smallest absolute Gasteiger partial charge is 0.303 e. The molecule has 4 nitrogen and oxygen atoms in total. The predicted octanol–water partition coefficient (Wildman–Crippen LogP) is -0.0529. The Balaban J connectivity index is 2.78. The van der Waals surface area contributed by atoms with Gasteiger partial charge >= 0.3 is 5.97 Å². The van der Waals surface area contributed by atoms with Crippen LogP contribution in [-0.4, -0.2) is 25.9 Å². The number of aromatic nitrogens is 1. The lowest BCUT2D eigenvalue weighted by Crippen LogP contribution is -2.15. The van der Waals surface area contributed by atoms with Crippen molar-refractivity contribution >= 4 is 19.3 Å². The van der Waals surface area contributed by atoms with E-state index in [-0.39, 0.29) is 12.6 Å². The molecule has 0 saturated heterocycles. The SMILES string of the molecule is [B]c1ccc(OC)nc1COC(C)=O. The van der Waals surface area contributed by atoms with Crippen LogP contribution in [0.4, 0.5) is 0 Å². The lowest BCUT2D eigenvalue weighted by atomic mass is 9.94. The predicted molar refractivity (Wildman–Crippen MR) is 51.6 cm³/mol. The number of carbonyl (C=O) groups excluding carboxylic acids is 1. The highest BCUT2D eigenvalue weighted by atomic mass is 16.5. The number of rotatable bonds is 3. The van der Waals surface area contributed by atoms with Crippen LogP contribution < -0.4 is 10.2 Å². The first-order chi connectivity index (χ1) is 6.63. The van der Waals surface area contributed by atoms with Gasteiger partial charge in [-0.2, -0.15) is 0 Å². The Morgan fingerprint density at radius 3 is 2.86 bits per heavy atom. The fraction of sp³-hybridized carbons (Fsp3) is 0.333. The molecule has 1 aromatic rings. The number of nitrogens with zero attached hydrogens (tertiary/aromatic N) is 1. The van der Waals surface area contributed by atoms with E-state index in [1.807, 2.05) is 0 Å². The molecular weight excluding hydrogens is 181 g/mol. The highest BCUT2D eigenvalue weighted by Crippen LogP contribution is 2.05. The molecule has 72 valence electrons. The maximum atomic E-state index is 10.6. The molecule has 5 heteroatoms. The third-order valence-corrected chi connectivity index (χ3v) is 1.61. The van der Waals surface area contributed by atoms with Crippen molar-refractivity contribution in [3.05, 3.63) is 17.8 Å². The number of carbonyl (C=O) groups is 1. The van der Waals surface area contributed by atoms with Crippen molar-refractivity contribution in [2.45, 2.75) is 13.5 Å². The number of pyridine rings is 1. The largest absolute Gasteiger partial charge is 0.481 e. The van der Waals surface area contributed by atoms with Crippen molar-refractivity contribution < 1.29 is 14.3 Å². The third-order valence-electron chi connectivity index (χ3n) is 1.61. The molecule has 0 aliphatic rings. The van der Waals surface area contributed by atoms with Crippen molar-refractivity contribution in [2.24, 2.45) is 0 Å². The second kappa shape index (κ2) is 4.65. The van der Waals surface area contributed by atoms with Gasteiger partial charge in [-0.15, -0.1) is 0 Å². The highest BCUT2D eigenvalue weighted by Gasteiger charge is 2.03. The molecule has 0 aromatic carbocycles. The van der Waals surface area contributed by atoms with Crippen molar-refractivity contribution in [3.63, 3.8) is 0 Å². The summed E-state index contributed by atoms with van der Waals surface area (Å²) >= 11 is 0. The van der Waals surface area contributed by atoms with Gasteiger partial charge in [0.15, 0.2) is 0 Å². The maximum absolute atomic E-state index is 10.6. The lowest BCUT2D eigenvalue weighted by Gasteiger charge is -2.07. The minimum atomic E-state index is -0.367. The average Bonchev–Trinajstić information content (AvgIpc) is 2.16. The van der Waals surface area contributed by atoms with Crippen molar-refractivity contribution in [2.75, 3.05) is 7.11 Å². The van der Waals surface area contributed by atoms with E-state index >= 15 is 0 Å². The Morgan fingerprint density at radius 1 is 1.57 bits per heavy atom. The first-order valence-electron chi connectivity index (χ1n) is 4.06. The maximum Gasteiger partial charge on any atom is 0.303 e. The van der Waals surface area contributed by atoms with Gasteiger partial charge in [0.05, 0.1) is 12.8 Å². The summed E-state index contributed by atoms with van der Waals surface area (Å²) in [5.74, 6) is 0.0790. The summed E-state index contributed by atoms with van der Waals surface area (Å²) in [7, 11) is 7.13. The molecule has 0 N–H and O–H groups in total. The molecule has 0 fully saturated rings. The highest BCUT2D eigenvalue weighted by molar-refractivity contribution is 6.33. The fourth-order valence-electron chi connectivity index (χ4n) is 0.891.